The fourth-order valence-corrected chi connectivity index (χ4v) is 10.1. The molecule has 0 aliphatic heterocycles. The van der Waals surface area contributed by atoms with Gasteiger partial charge in [-0.15, -0.1) is 0 Å². The first-order chi connectivity index (χ1) is 21.1. The molecule has 1 aromatic rings. The van der Waals surface area contributed by atoms with Crippen LogP contribution < -0.4 is 0 Å². The summed E-state index contributed by atoms with van der Waals surface area (Å²) in [6.45, 7) is 10.0. The average Bonchev–Trinajstić information content (AvgIpc) is 3.47. The standard InChI is InChI=1S/C37H48O8/c1-7-11-22(39)18-26-35(5)24(17-16-21-12-8-9-13-21)23-14-10-15-25(40)28(23)32(42)30(35)34(44)37(45)33(43)27(20(4)38)31(41)29(19(2)3)36(26,37)6/h10,14-15,19,21,24,26,29,40,42-43,45H,7-9,11-13,16-18H2,1-6H3/t24-,26-,29?,35-,36-,37+/m1/s1. The van der Waals surface area contributed by atoms with Crippen molar-refractivity contribution in [3.63, 3.8) is 0 Å². The van der Waals surface area contributed by atoms with E-state index in [4.69, 9.17) is 0 Å². The van der Waals surface area contributed by atoms with Gasteiger partial charge in [-0.3, -0.25) is 19.2 Å². The second-order valence-corrected chi connectivity index (χ2v) is 14.8. The fourth-order valence-electron chi connectivity index (χ4n) is 10.1. The van der Waals surface area contributed by atoms with Gasteiger partial charge in [0.15, 0.2) is 17.2 Å². The van der Waals surface area contributed by atoms with Crippen molar-refractivity contribution in [1.29, 1.82) is 0 Å². The van der Waals surface area contributed by atoms with E-state index >= 15 is 4.79 Å². The molecule has 0 aromatic heterocycles. The number of aromatic hydroxyl groups is 1. The molecule has 8 nitrogen and oxygen atoms in total. The van der Waals surface area contributed by atoms with Gasteiger partial charge < -0.3 is 20.4 Å². The molecular formula is C37H48O8. The summed E-state index contributed by atoms with van der Waals surface area (Å²) >= 11 is 0. The monoisotopic (exact) mass is 620 g/mol. The highest BCUT2D eigenvalue weighted by atomic mass is 16.3. The van der Waals surface area contributed by atoms with Crippen molar-refractivity contribution in [2.75, 3.05) is 0 Å². The van der Waals surface area contributed by atoms with Crippen LogP contribution >= 0.6 is 0 Å². The number of aliphatic hydroxyl groups is 3. The minimum Gasteiger partial charge on any atom is -0.508 e. The predicted octanol–water partition coefficient (Wildman–Crippen LogP) is 6.69. The molecule has 5 rings (SSSR count). The maximum atomic E-state index is 15.0. The molecule has 2 fully saturated rings. The molecule has 8 heteroatoms. The van der Waals surface area contributed by atoms with Crippen molar-refractivity contribution in [3.05, 3.63) is 46.2 Å². The highest BCUT2D eigenvalue weighted by Gasteiger charge is 2.77. The topological polar surface area (TPSA) is 149 Å². The number of rotatable bonds is 9. The molecule has 0 saturated heterocycles. The van der Waals surface area contributed by atoms with Crippen molar-refractivity contribution in [1.82, 2.24) is 0 Å². The van der Waals surface area contributed by atoms with Crippen LogP contribution in [-0.4, -0.2) is 49.2 Å². The Morgan fingerprint density at radius 3 is 2.24 bits per heavy atom. The van der Waals surface area contributed by atoms with Gasteiger partial charge >= 0.3 is 0 Å². The Hall–Kier alpha value is -3.26. The number of phenols is 1. The SMILES string of the molecule is CCCC(=O)C[C@@H]1[C@]2(C)C(=C(O)c3c(O)cccc3[C@H]2CCC2CCCC2)C(=O)[C@@]2(O)C(O)=C(C(C)=O)C(=O)C(C(C)C)[C@@]12C. The van der Waals surface area contributed by atoms with Crippen LogP contribution in [0.3, 0.4) is 0 Å². The van der Waals surface area contributed by atoms with Gasteiger partial charge in [0.2, 0.25) is 5.78 Å². The molecular weight excluding hydrogens is 572 g/mol. The highest BCUT2D eigenvalue weighted by Crippen LogP contribution is 2.72. The van der Waals surface area contributed by atoms with E-state index in [1.54, 1.807) is 26.8 Å². The van der Waals surface area contributed by atoms with Crippen molar-refractivity contribution in [2.45, 2.75) is 111 Å². The summed E-state index contributed by atoms with van der Waals surface area (Å²) in [7, 11) is 0. The fraction of sp³-hybridized carbons (Fsp3) is 0.622. The molecule has 2 saturated carbocycles. The second-order valence-electron chi connectivity index (χ2n) is 14.8. The molecule has 244 valence electrons. The van der Waals surface area contributed by atoms with Crippen molar-refractivity contribution in [3.8, 4) is 5.75 Å². The van der Waals surface area contributed by atoms with Gasteiger partial charge in [-0.25, -0.2) is 0 Å². The normalized spacial score (nSPS) is 33.4. The van der Waals surface area contributed by atoms with Crippen LogP contribution in [0.2, 0.25) is 0 Å². The Kier molecular flexibility index (Phi) is 8.48. The third-order valence-electron chi connectivity index (χ3n) is 12.0. The van der Waals surface area contributed by atoms with Crippen LogP contribution in [0.5, 0.6) is 5.75 Å². The number of allylic oxidation sites excluding steroid dienone is 1. The van der Waals surface area contributed by atoms with Gasteiger partial charge in [0.25, 0.3) is 0 Å². The zero-order chi connectivity index (χ0) is 33.2. The number of carbonyl (C=O) groups excluding carboxylic acids is 4. The molecule has 1 unspecified atom stereocenters. The van der Waals surface area contributed by atoms with Crippen LogP contribution in [0.15, 0.2) is 35.1 Å². The quantitative estimate of drug-likeness (QED) is 0.223. The first kappa shape index (κ1) is 33.1. The van der Waals surface area contributed by atoms with E-state index in [0.717, 1.165) is 39.0 Å². The molecule has 4 N–H and O–H groups in total. The zero-order valence-corrected chi connectivity index (χ0v) is 27.4. The summed E-state index contributed by atoms with van der Waals surface area (Å²) in [4.78, 5) is 55.8. The van der Waals surface area contributed by atoms with E-state index < -0.39 is 74.5 Å². The number of carbonyl (C=O) groups is 4. The molecule has 6 atom stereocenters. The number of hydrogen-bond acceptors (Lipinski definition) is 8. The van der Waals surface area contributed by atoms with E-state index in [-0.39, 0.29) is 35.5 Å². The Labute approximate surface area is 265 Å². The number of ketones is 4. The molecule has 45 heavy (non-hydrogen) atoms. The largest absolute Gasteiger partial charge is 0.508 e. The van der Waals surface area contributed by atoms with E-state index in [9.17, 15) is 34.8 Å². The molecule has 4 aliphatic rings. The maximum Gasteiger partial charge on any atom is 0.203 e. The van der Waals surface area contributed by atoms with Crippen molar-refractivity contribution >= 4 is 28.9 Å². The number of fused-ring (bicyclic) bond motifs is 3. The summed E-state index contributed by atoms with van der Waals surface area (Å²) in [6.07, 6.45) is 6.61. The second kappa shape index (κ2) is 11.5. The Bertz CT molecular complexity index is 1510. The molecule has 1 aromatic carbocycles. The summed E-state index contributed by atoms with van der Waals surface area (Å²) < 4.78 is 0. The van der Waals surface area contributed by atoms with E-state index in [2.05, 4.69) is 0 Å². The number of aliphatic hydroxyl groups excluding tert-OH is 2. The minimum absolute atomic E-state index is 0.100. The van der Waals surface area contributed by atoms with E-state index in [1.165, 1.54) is 6.07 Å². The first-order valence-electron chi connectivity index (χ1n) is 16.6. The third kappa shape index (κ3) is 4.49. The van der Waals surface area contributed by atoms with Crippen molar-refractivity contribution in [2.24, 2.45) is 34.5 Å². The lowest BCUT2D eigenvalue weighted by atomic mass is 9.36. The van der Waals surface area contributed by atoms with E-state index in [0.29, 0.717) is 24.3 Å². The van der Waals surface area contributed by atoms with Gasteiger partial charge in [-0.2, -0.15) is 0 Å². The summed E-state index contributed by atoms with van der Waals surface area (Å²) in [5.74, 6) is -6.76. The summed E-state index contributed by atoms with van der Waals surface area (Å²) in [5.41, 5.74) is -5.82. The maximum absolute atomic E-state index is 15.0. The smallest absolute Gasteiger partial charge is 0.203 e. The molecule has 0 spiro atoms. The zero-order valence-electron chi connectivity index (χ0n) is 27.4. The predicted molar refractivity (Wildman–Crippen MR) is 169 cm³/mol. The first-order valence-corrected chi connectivity index (χ1v) is 16.6. The molecule has 4 aliphatic carbocycles. The van der Waals surface area contributed by atoms with Crippen LogP contribution in [0, 0.1) is 34.5 Å². The summed E-state index contributed by atoms with van der Waals surface area (Å²) in [6, 6.07) is 4.97. The Morgan fingerprint density at radius 1 is 1.02 bits per heavy atom. The van der Waals surface area contributed by atoms with Crippen LogP contribution in [-0.2, 0) is 19.2 Å². The Morgan fingerprint density at radius 2 is 1.67 bits per heavy atom. The molecule has 0 radical (unpaired) electrons. The van der Waals surface area contributed by atoms with Gasteiger partial charge in [-0.05, 0) is 61.5 Å². The average molecular weight is 621 g/mol. The minimum atomic E-state index is -2.78. The molecule has 0 bridgehead atoms. The van der Waals surface area contributed by atoms with Gasteiger partial charge in [0.1, 0.15) is 28.6 Å². The summed E-state index contributed by atoms with van der Waals surface area (Å²) in [5, 5.41) is 47.5. The lowest BCUT2D eigenvalue weighted by Gasteiger charge is -2.65. The number of benzene rings is 1. The number of phenolic OH excluding ortho intramolecular Hbond substituents is 1. The lowest BCUT2D eigenvalue weighted by molar-refractivity contribution is -0.200. The van der Waals surface area contributed by atoms with Gasteiger partial charge in [0.05, 0.1) is 5.56 Å². The van der Waals surface area contributed by atoms with E-state index in [1.807, 2.05) is 19.9 Å². The van der Waals surface area contributed by atoms with Crippen molar-refractivity contribution < 1.29 is 39.6 Å². The molecule has 0 heterocycles. The third-order valence-corrected chi connectivity index (χ3v) is 12.0. The molecule has 0 amide bonds. The van der Waals surface area contributed by atoms with Crippen LogP contribution in [0.1, 0.15) is 116 Å². The van der Waals surface area contributed by atoms with Gasteiger partial charge in [0, 0.05) is 35.2 Å². The Balaban J connectivity index is 1.89. The van der Waals surface area contributed by atoms with Crippen LogP contribution in [0.25, 0.3) is 5.76 Å². The number of hydrogen-bond donors (Lipinski definition) is 4. The van der Waals surface area contributed by atoms with Crippen LogP contribution in [0.4, 0.5) is 0 Å². The highest BCUT2D eigenvalue weighted by molar-refractivity contribution is 6.24. The van der Waals surface area contributed by atoms with Gasteiger partial charge in [-0.1, -0.05) is 72.4 Å². The lowest BCUT2D eigenvalue weighted by Crippen LogP contribution is -2.73. The number of Topliss-reactive ketones (excluding diaryl/α,β-unsaturated/α-hetero) is 4.